The second-order valence-electron chi connectivity index (χ2n) is 5.17. The molecule has 114 valence electrons. The summed E-state index contributed by atoms with van der Waals surface area (Å²) in [6, 6.07) is 7.07. The van der Waals surface area contributed by atoms with E-state index >= 15 is 0 Å². The fourth-order valence-electron chi connectivity index (χ4n) is 2.03. The number of carboxylic acid groups (broad SMARTS) is 1. The van der Waals surface area contributed by atoms with Crippen molar-refractivity contribution >= 4 is 18.0 Å². The first-order valence-electron chi connectivity index (χ1n) is 7.35. The number of benzene rings is 1. The highest BCUT2D eigenvalue weighted by molar-refractivity contribution is 5.95. The van der Waals surface area contributed by atoms with Gasteiger partial charge in [0.15, 0.2) is 0 Å². The lowest BCUT2D eigenvalue weighted by Crippen LogP contribution is -2.32. The summed E-state index contributed by atoms with van der Waals surface area (Å²) in [7, 11) is 0. The van der Waals surface area contributed by atoms with Gasteiger partial charge in [0.1, 0.15) is 0 Å². The highest BCUT2D eigenvalue weighted by Crippen LogP contribution is 2.09. The summed E-state index contributed by atoms with van der Waals surface area (Å²) in [5.41, 5.74) is 1.24. The van der Waals surface area contributed by atoms with E-state index < -0.39 is 5.97 Å². The SMILES string of the molecule is CCCCCC(C)NC(=O)c1cccc(C=CC(=O)O)c1. The average molecular weight is 289 g/mol. The third kappa shape index (κ3) is 6.75. The summed E-state index contributed by atoms with van der Waals surface area (Å²) in [6.45, 7) is 4.15. The highest BCUT2D eigenvalue weighted by atomic mass is 16.4. The van der Waals surface area contributed by atoms with Crippen LogP contribution in [0.15, 0.2) is 30.3 Å². The van der Waals surface area contributed by atoms with E-state index in [4.69, 9.17) is 5.11 Å². The Kier molecular flexibility index (Phi) is 7.23. The van der Waals surface area contributed by atoms with Crippen LogP contribution >= 0.6 is 0 Å². The second kappa shape index (κ2) is 8.95. The molecule has 0 aliphatic heterocycles. The summed E-state index contributed by atoms with van der Waals surface area (Å²) in [6.07, 6.45) is 6.96. The number of hydrogen-bond acceptors (Lipinski definition) is 2. The molecule has 1 unspecified atom stereocenters. The van der Waals surface area contributed by atoms with Crippen LogP contribution in [0, 0.1) is 0 Å². The molecular weight excluding hydrogens is 266 g/mol. The fourth-order valence-corrected chi connectivity index (χ4v) is 2.03. The van der Waals surface area contributed by atoms with Gasteiger partial charge in [-0.3, -0.25) is 4.79 Å². The van der Waals surface area contributed by atoms with Crippen LogP contribution in [-0.4, -0.2) is 23.0 Å². The van der Waals surface area contributed by atoms with E-state index in [2.05, 4.69) is 12.2 Å². The van der Waals surface area contributed by atoms with Gasteiger partial charge in [0.2, 0.25) is 0 Å². The van der Waals surface area contributed by atoms with Crippen molar-refractivity contribution in [3.8, 4) is 0 Å². The zero-order valence-electron chi connectivity index (χ0n) is 12.6. The molecule has 4 nitrogen and oxygen atoms in total. The maximum atomic E-state index is 12.1. The smallest absolute Gasteiger partial charge is 0.328 e. The lowest BCUT2D eigenvalue weighted by atomic mass is 10.1. The van der Waals surface area contributed by atoms with Gasteiger partial charge in [0.05, 0.1) is 0 Å². The Labute approximate surface area is 125 Å². The maximum absolute atomic E-state index is 12.1. The molecule has 0 heterocycles. The van der Waals surface area contributed by atoms with E-state index in [1.807, 2.05) is 6.92 Å². The van der Waals surface area contributed by atoms with Gasteiger partial charge in [-0.25, -0.2) is 4.79 Å². The molecule has 0 radical (unpaired) electrons. The standard InChI is InChI=1S/C17H23NO3/c1-3-4-5-7-13(2)18-17(21)15-9-6-8-14(12-15)10-11-16(19)20/h6,8-13H,3-5,7H2,1-2H3,(H,18,21)(H,19,20). The van der Waals surface area contributed by atoms with Crippen LogP contribution < -0.4 is 5.32 Å². The Hall–Kier alpha value is -2.10. The molecule has 2 N–H and O–H groups in total. The number of amides is 1. The molecule has 1 aromatic carbocycles. The molecule has 1 rings (SSSR count). The van der Waals surface area contributed by atoms with Crippen LogP contribution in [0.25, 0.3) is 6.08 Å². The van der Waals surface area contributed by atoms with Crippen molar-refractivity contribution in [3.05, 3.63) is 41.5 Å². The van der Waals surface area contributed by atoms with Gasteiger partial charge in [-0.05, 0) is 37.1 Å². The monoisotopic (exact) mass is 289 g/mol. The summed E-state index contributed by atoms with van der Waals surface area (Å²) in [4.78, 5) is 22.6. The Bertz CT molecular complexity index is 509. The molecule has 0 aromatic heterocycles. The van der Waals surface area contributed by atoms with Crippen LogP contribution in [0.5, 0.6) is 0 Å². The van der Waals surface area contributed by atoms with E-state index in [1.165, 1.54) is 18.9 Å². The number of carboxylic acids is 1. The molecular formula is C17H23NO3. The van der Waals surface area contributed by atoms with Crippen LogP contribution in [-0.2, 0) is 4.79 Å². The minimum atomic E-state index is -1.01. The number of hydrogen-bond donors (Lipinski definition) is 2. The van der Waals surface area contributed by atoms with Crippen molar-refractivity contribution in [2.24, 2.45) is 0 Å². The molecule has 21 heavy (non-hydrogen) atoms. The molecule has 0 spiro atoms. The van der Waals surface area contributed by atoms with Crippen LogP contribution in [0.4, 0.5) is 0 Å². The third-order valence-corrected chi connectivity index (χ3v) is 3.19. The van der Waals surface area contributed by atoms with Gasteiger partial charge in [0.25, 0.3) is 5.91 Å². The molecule has 0 saturated carbocycles. The minimum Gasteiger partial charge on any atom is -0.478 e. The Morgan fingerprint density at radius 2 is 2.10 bits per heavy atom. The number of carbonyl (C=O) groups excluding carboxylic acids is 1. The molecule has 0 saturated heterocycles. The van der Waals surface area contributed by atoms with Gasteiger partial charge in [-0.2, -0.15) is 0 Å². The zero-order valence-corrected chi connectivity index (χ0v) is 12.6. The lowest BCUT2D eigenvalue weighted by Gasteiger charge is -2.13. The Balaban J connectivity index is 2.61. The van der Waals surface area contributed by atoms with Gasteiger partial charge < -0.3 is 10.4 Å². The zero-order chi connectivity index (χ0) is 15.7. The normalized spacial score (nSPS) is 12.3. The first kappa shape index (κ1) is 17.0. The number of rotatable bonds is 8. The number of nitrogens with one attached hydrogen (secondary N) is 1. The molecule has 0 bridgehead atoms. The molecule has 1 amide bonds. The van der Waals surface area contributed by atoms with E-state index in [1.54, 1.807) is 24.3 Å². The predicted octanol–water partition coefficient (Wildman–Crippen LogP) is 3.48. The minimum absolute atomic E-state index is 0.121. The highest BCUT2D eigenvalue weighted by Gasteiger charge is 2.09. The topological polar surface area (TPSA) is 66.4 Å². The van der Waals surface area contributed by atoms with Gasteiger partial charge in [-0.1, -0.05) is 38.3 Å². The Morgan fingerprint density at radius 1 is 1.33 bits per heavy atom. The van der Waals surface area contributed by atoms with Crippen molar-refractivity contribution in [2.45, 2.75) is 45.6 Å². The second-order valence-corrected chi connectivity index (χ2v) is 5.17. The van der Waals surface area contributed by atoms with Gasteiger partial charge in [0, 0.05) is 17.7 Å². The number of aliphatic carboxylic acids is 1. The summed E-state index contributed by atoms with van der Waals surface area (Å²) in [5.74, 6) is -1.13. The number of unbranched alkanes of at least 4 members (excludes halogenated alkanes) is 2. The van der Waals surface area contributed by atoms with Crippen LogP contribution in [0.1, 0.15) is 55.5 Å². The van der Waals surface area contributed by atoms with Gasteiger partial charge >= 0.3 is 5.97 Å². The molecule has 0 aliphatic carbocycles. The Morgan fingerprint density at radius 3 is 2.76 bits per heavy atom. The largest absolute Gasteiger partial charge is 0.478 e. The lowest BCUT2D eigenvalue weighted by molar-refractivity contribution is -0.131. The first-order chi connectivity index (χ1) is 10.0. The van der Waals surface area contributed by atoms with E-state index in [-0.39, 0.29) is 11.9 Å². The van der Waals surface area contributed by atoms with E-state index in [9.17, 15) is 9.59 Å². The van der Waals surface area contributed by atoms with E-state index in [0.717, 1.165) is 18.9 Å². The van der Waals surface area contributed by atoms with Crippen molar-refractivity contribution in [2.75, 3.05) is 0 Å². The molecule has 0 fully saturated rings. The van der Waals surface area contributed by atoms with E-state index in [0.29, 0.717) is 11.1 Å². The van der Waals surface area contributed by atoms with Crippen molar-refractivity contribution in [1.82, 2.24) is 5.32 Å². The van der Waals surface area contributed by atoms with Gasteiger partial charge in [-0.15, -0.1) is 0 Å². The maximum Gasteiger partial charge on any atom is 0.328 e. The molecule has 1 aromatic rings. The van der Waals surface area contributed by atoms with Crippen molar-refractivity contribution in [1.29, 1.82) is 0 Å². The van der Waals surface area contributed by atoms with Crippen molar-refractivity contribution in [3.63, 3.8) is 0 Å². The molecule has 4 heteroatoms. The molecule has 1 atom stereocenters. The summed E-state index contributed by atoms with van der Waals surface area (Å²) in [5, 5.41) is 11.6. The van der Waals surface area contributed by atoms with Crippen molar-refractivity contribution < 1.29 is 14.7 Å². The molecule has 0 aliphatic rings. The van der Waals surface area contributed by atoms with Crippen LogP contribution in [0.3, 0.4) is 0 Å². The average Bonchev–Trinajstić information content (AvgIpc) is 2.45. The van der Waals surface area contributed by atoms with Crippen LogP contribution in [0.2, 0.25) is 0 Å². The summed E-state index contributed by atoms with van der Waals surface area (Å²) >= 11 is 0. The summed E-state index contributed by atoms with van der Waals surface area (Å²) < 4.78 is 0. The third-order valence-electron chi connectivity index (χ3n) is 3.19. The first-order valence-corrected chi connectivity index (χ1v) is 7.35. The fraction of sp³-hybridized carbons (Fsp3) is 0.412. The number of carbonyl (C=O) groups is 2. The quantitative estimate of drug-likeness (QED) is 0.568. The predicted molar refractivity (Wildman–Crippen MR) is 84.2 cm³/mol.